The van der Waals surface area contributed by atoms with E-state index in [0.29, 0.717) is 18.6 Å². The van der Waals surface area contributed by atoms with Gasteiger partial charge in [0.2, 0.25) is 15.9 Å². The largest absolute Gasteiger partial charge is 0.439 e. The third-order valence-electron chi connectivity index (χ3n) is 4.36. The monoisotopic (exact) mass is 400 g/mol. The van der Waals surface area contributed by atoms with Gasteiger partial charge >= 0.3 is 6.18 Å². The molecule has 1 aromatic heterocycles. The van der Waals surface area contributed by atoms with Gasteiger partial charge in [0.15, 0.2) is 0 Å². The number of alkyl halides is 3. The number of ether oxygens (including phenoxy) is 1. The number of aromatic nitrogens is 1. The lowest BCUT2D eigenvalue weighted by Gasteiger charge is -2.16. The Bertz CT molecular complexity index is 943. The lowest BCUT2D eigenvalue weighted by atomic mass is 10.1. The summed E-state index contributed by atoms with van der Waals surface area (Å²) >= 11 is 0. The molecule has 1 heterocycles. The smallest absolute Gasteiger partial charge is 0.433 e. The maximum atomic E-state index is 12.7. The molecule has 0 radical (unpaired) electrons. The number of fused-ring (bicyclic) bond motifs is 1. The highest BCUT2D eigenvalue weighted by Gasteiger charge is 2.33. The van der Waals surface area contributed by atoms with Gasteiger partial charge in [-0.2, -0.15) is 13.2 Å². The molecule has 0 bridgehead atoms. The average molecular weight is 400 g/mol. The third-order valence-corrected chi connectivity index (χ3v) is 6.21. The van der Waals surface area contributed by atoms with Crippen molar-refractivity contribution in [3.8, 4) is 11.6 Å². The van der Waals surface area contributed by atoms with Crippen molar-refractivity contribution in [1.29, 1.82) is 0 Å². The van der Waals surface area contributed by atoms with Crippen LogP contribution in [0.2, 0.25) is 0 Å². The Labute approximate surface area is 155 Å². The summed E-state index contributed by atoms with van der Waals surface area (Å²) in [4.78, 5) is 3.48. The minimum Gasteiger partial charge on any atom is -0.439 e. The predicted molar refractivity (Wildman–Crippen MR) is 94.0 cm³/mol. The van der Waals surface area contributed by atoms with Gasteiger partial charge in [0.05, 0.1) is 5.25 Å². The second kappa shape index (κ2) is 7.12. The van der Waals surface area contributed by atoms with Crippen molar-refractivity contribution in [1.82, 2.24) is 9.71 Å². The Kier molecular flexibility index (Phi) is 5.18. The zero-order chi connectivity index (χ0) is 19.8. The highest BCUT2D eigenvalue weighted by molar-refractivity contribution is 7.90. The summed E-state index contributed by atoms with van der Waals surface area (Å²) in [7, 11) is -3.40. The Morgan fingerprint density at radius 1 is 1.22 bits per heavy atom. The molecule has 5 nitrogen and oxygen atoms in total. The number of aryl methyl sites for hydroxylation is 1. The number of nitrogens with zero attached hydrogens (tertiary/aromatic N) is 1. The van der Waals surface area contributed by atoms with Crippen molar-refractivity contribution < 1.29 is 26.3 Å². The van der Waals surface area contributed by atoms with Crippen molar-refractivity contribution in [3.05, 3.63) is 53.2 Å². The number of halogens is 3. The minimum absolute atomic E-state index is 0.153. The van der Waals surface area contributed by atoms with Crippen molar-refractivity contribution in [3.63, 3.8) is 0 Å². The molecule has 0 saturated carbocycles. The Balaban J connectivity index is 1.78. The fourth-order valence-electron chi connectivity index (χ4n) is 2.86. The first kappa shape index (κ1) is 19.6. The fourth-order valence-corrected chi connectivity index (χ4v) is 3.78. The molecular formula is C18H19F3N2O3S. The summed E-state index contributed by atoms with van der Waals surface area (Å²) < 4.78 is 70.6. The molecule has 0 aliphatic heterocycles. The normalized spacial score (nSPS) is 17.2. The van der Waals surface area contributed by atoms with Gasteiger partial charge in [-0.3, -0.25) is 0 Å². The number of hydrogen-bond donors (Lipinski definition) is 1. The molecule has 9 heteroatoms. The standard InChI is InChI=1S/C18H19F3N2O3S/c1-11(2)27(24,25)23-15-9-6-12-10-13(7-8-14(12)15)26-17-5-3-4-16(22-17)18(19,20)21/h3-5,7-8,10-11,15,23H,6,9H2,1-2H3. The molecule has 0 spiro atoms. The Morgan fingerprint density at radius 2 is 1.96 bits per heavy atom. The van der Waals surface area contributed by atoms with Crippen molar-refractivity contribution in [2.75, 3.05) is 0 Å². The topological polar surface area (TPSA) is 68.3 Å². The van der Waals surface area contributed by atoms with Crippen LogP contribution in [0, 0.1) is 0 Å². The van der Waals surface area contributed by atoms with Crippen LogP contribution in [-0.2, 0) is 22.6 Å². The second-order valence-electron chi connectivity index (χ2n) is 6.62. The quantitative estimate of drug-likeness (QED) is 0.817. The highest BCUT2D eigenvalue weighted by atomic mass is 32.2. The molecule has 0 saturated heterocycles. The van der Waals surface area contributed by atoms with Gasteiger partial charge in [0.25, 0.3) is 0 Å². The number of pyridine rings is 1. The van der Waals surface area contributed by atoms with Gasteiger partial charge in [-0.05, 0) is 56.0 Å². The van der Waals surface area contributed by atoms with Gasteiger partial charge < -0.3 is 4.74 Å². The summed E-state index contributed by atoms with van der Waals surface area (Å²) in [5.41, 5.74) is 0.726. The van der Waals surface area contributed by atoms with E-state index < -0.39 is 27.1 Å². The number of nitrogens with one attached hydrogen (secondary N) is 1. The number of sulfonamides is 1. The van der Waals surface area contributed by atoms with Crippen molar-refractivity contribution in [2.24, 2.45) is 0 Å². The van der Waals surface area contributed by atoms with Crippen LogP contribution >= 0.6 is 0 Å². The summed E-state index contributed by atoms with van der Waals surface area (Å²) in [6.45, 7) is 3.22. The first-order chi connectivity index (χ1) is 12.6. The summed E-state index contributed by atoms with van der Waals surface area (Å²) in [5, 5.41) is -0.531. The van der Waals surface area contributed by atoms with Gasteiger partial charge in [-0.1, -0.05) is 12.1 Å². The van der Waals surface area contributed by atoms with Crippen LogP contribution in [0.1, 0.15) is 43.1 Å². The van der Waals surface area contributed by atoms with Crippen molar-refractivity contribution >= 4 is 10.0 Å². The maximum absolute atomic E-state index is 12.7. The van der Waals surface area contributed by atoms with E-state index in [9.17, 15) is 21.6 Å². The third kappa shape index (κ3) is 4.41. The fraction of sp³-hybridized carbons (Fsp3) is 0.389. The van der Waals surface area contributed by atoms with E-state index in [2.05, 4.69) is 9.71 Å². The van der Waals surface area contributed by atoms with Crippen LogP contribution in [0.4, 0.5) is 13.2 Å². The van der Waals surface area contributed by atoms with Crippen LogP contribution in [-0.4, -0.2) is 18.7 Å². The molecule has 1 unspecified atom stereocenters. The van der Waals surface area contributed by atoms with E-state index in [1.54, 1.807) is 32.0 Å². The molecule has 1 aromatic carbocycles. The van der Waals surface area contributed by atoms with Gasteiger partial charge in [0, 0.05) is 12.1 Å². The zero-order valence-electron chi connectivity index (χ0n) is 14.7. The predicted octanol–water partition coefficient (Wildman–Crippen LogP) is 4.21. The zero-order valence-corrected chi connectivity index (χ0v) is 15.6. The first-order valence-corrected chi connectivity index (χ1v) is 9.97. The molecule has 3 rings (SSSR count). The molecule has 1 atom stereocenters. The van der Waals surface area contributed by atoms with Crippen LogP contribution in [0.25, 0.3) is 0 Å². The van der Waals surface area contributed by atoms with Gasteiger partial charge in [-0.25, -0.2) is 18.1 Å². The molecule has 1 aliphatic rings. The van der Waals surface area contributed by atoms with E-state index in [-0.39, 0.29) is 11.9 Å². The highest BCUT2D eigenvalue weighted by Crippen LogP contribution is 2.36. The number of hydrogen-bond acceptors (Lipinski definition) is 4. The van der Waals surface area contributed by atoms with Crippen LogP contribution in [0.3, 0.4) is 0 Å². The molecule has 1 N–H and O–H groups in total. The van der Waals surface area contributed by atoms with Crippen LogP contribution in [0.15, 0.2) is 36.4 Å². The van der Waals surface area contributed by atoms with E-state index in [1.165, 1.54) is 12.1 Å². The summed E-state index contributed by atoms with van der Waals surface area (Å²) in [6, 6.07) is 8.19. The molecule has 0 amide bonds. The molecule has 27 heavy (non-hydrogen) atoms. The molecule has 2 aromatic rings. The minimum atomic E-state index is -4.54. The SMILES string of the molecule is CC(C)S(=O)(=O)NC1CCc2cc(Oc3cccc(C(F)(F)F)n3)ccc21. The number of rotatable bonds is 5. The van der Waals surface area contributed by atoms with E-state index in [1.807, 2.05) is 0 Å². The Morgan fingerprint density at radius 3 is 2.63 bits per heavy atom. The molecule has 1 aliphatic carbocycles. The number of benzene rings is 1. The van der Waals surface area contributed by atoms with Gasteiger partial charge in [-0.15, -0.1) is 0 Å². The lowest BCUT2D eigenvalue weighted by molar-refractivity contribution is -0.141. The summed E-state index contributed by atoms with van der Waals surface area (Å²) in [6.07, 6.45) is -3.28. The lowest BCUT2D eigenvalue weighted by Crippen LogP contribution is -2.33. The van der Waals surface area contributed by atoms with Crippen LogP contribution < -0.4 is 9.46 Å². The van der Waals surface area contributed by atoms with Gasteiger partial charge in [0.1, 0.15) is 11.4 Å². The Hall–Kier alpha value is -2.13. The average Bonchev–Trinajstić information content (AvgIpc) is 2.96. The van der Waals surface area contributed by atoms with E-state index in [0.717, 1.165) is 17.2 Å². The van der Waals surface area contributed by atoms with E-state index >= 15 is 0 Å². The summed E-state index contributed by atoms with van der Waals surface area (Å²) in [5.74, 6) is 0.202. The van der Waals surface area contributed by atoms with Crippen molar-refractivity contribution in [2.45, 2.75) is 44.2 Å². The maximum Gasteiger partial charge on any atom is 0.433 e. The molecule has 0 fully saturated rings. The molecular weight excluding hydrogens is 381 g/mol. The first-order valence-electron chi connectivity index (χ1n) is 8.42. The van der Waals surface area contributed by atoms with E-state index in [4.69, 9.17) is 4.74 Å². The van der Waals surface area contributed by atoms with Crippen LogP contribution in [0.5, 0.6) is 11.6 Å². The molecule has 146 valence electrons. The second-order valence-corrected chi connectivity index (χ2v) is 8.89.